The first-order valence-corrected chi connectivity index (χ1v) is 12.1. The highest BCUT2D eigenvalue weighted by molar-refractivity contribution is 5.97. The number of benzene rings is 2. The Morgan fingerprint density at radius 1 is 0.971 bits per heavy atom. The number of esters is 1. The van der Waals surface area contributed by atoms with E-state index in [9.17, 15) is 9.59 Å². The summed E-state index contributed by atoms with van der Waals surface area (Å²) in [6, 6.07) is 10.9. The van der Waals surface area contributed by atoms with Gasteiger partial charge < -0.3 is 29.2 Å². The van der Waals surface area contributed by atoms with Gasteiger partial charge in [-0.05, 0) is 37.0 Å². The van der Waals surface area contributed by atoms with Crippen LogP contribution in [0.2, 0.25) is 0 Å². The fourth-order valence-electron chi connectivity index (χ4n) is 3.75. The summed E-state index contributed by atoms with van der Waals surface area (Å²) in [5.41, 5.74) is 2.85. The molecule has 0 bridgehead atoms. The van der Waals surface area contributed by atoms with Crippen LogP contribution in [0.15, 0.2) is 36.4 Å². The Kier molecular flexibility index (Phi) is 8.98. The molecule has 1 amide bonds. The van der Waals surface area contributed by atoms with Crippen molar-refractivity contribution in [1.82, 2.24) is 0 Å². The van der Waals surface area contributed by atoms with Gasteiger partial charge in [-0.1, -0.05) is 32.9 Å². The highest BCUT2D eigenvalue weighted by Crippen LogP contribution is 2.39. The molecule has 0 aliphatic carbocycles. The minimum atomic E-state index is -0.552. The molecular formula is C27H36N2O6. The Bertz CT molecular complexity index is 1010. The maximum atomic E-state index is 12.6. The van der Waals surface area contributed by atoms with E-state index in [-0.39, 0.29) is 5.41 Å². The van der Waals surface area contributed by atoms with Gasteiger partial charge in [-0.2, -0.15) is 0 Å². The first-order valence-electron chi connectivity index (χ1n) is 12.1. The highest BCUT2D eigenvalue weighted by Gasteiger charge is 2.21. The largest absolute Gasteiger partial charge is 0.492 e. The molecule has 0 spiro atoms. The van der Waals surface area contributed by atoms with Crippen LogP contribution in [0.5, 0.6) is 11.5 Å². The number of anilines is 2. The highest BCUT2D eigenvalue weighted by atomic mass is 16.5. The van der Waals surface area contributed by atoms with E-state index in [0.717, 1.165) is 24.3 Å². The Morgan fingerprint density at radius 2 is 1.60 bits per heavy atom. The number of nitrogens with one attached hydrogen (secondary N) is 1. The third-order valence-electron chi connectivity index (χ3n) is 5.61. The van der Waals surface area contributed by atoms with Crippen LogP contribution in [0.25, 0.3) is 0 Å². The van der Waals surface area contributed by atoms with Crippen molar-refractivity contribution in [3.05, 3.63) is 47.5 Å². The SMILES string of the molecule is CCOc1cc(N2CCOCC2)c(OCC)cc1NC(=O)COC(=O)c1ccc(C(C)(C)C)cc1. The average Bonchev–Trinajstić information content (AvgIpc) is 2.84. The van der Waals surface area contributed by atoms with Gasteiger partial charge in [0.15, 0.2) is 6.61 Å². The Hall–Kier alpha value is -3.26. The Morgan fingerprint density at radius 3 is 2.20 bits per heavy atom. The summed E-state index contributed by atoms with van der Waals surface area (Å²) in [6.07, 6.45) is 0. The standard InChI is InChI=1S/C27H36N2O6/c1-6-33-23-17-22(29-12-14-32-15-13-29)24(34-7-2)16-21(23)28-25(30)18-35-26(31)19-8-10-20(11-9-19)27(3,4)5/h8-11,16-17H,6-7,12-15,18H2,1-5H3,(H,28,30). The number of nitrogens with zero attached hydrogens (tertiary/aromatic N) is 1. The van der Waals surface area contributed by atoms with Crippen LogP contribution in [0.3, 0.4) is 0 Å². The van der Waals surface area contributed by atoms with Crippen molar-refractivity contribution < 1.29 is 28.5 Å². The van der Waals surface area contributed by atoms with E-state index < -0.39 is 18.5 Å². The van der Waals surface area contributed by atoms with E-state index in [0.29, 0.717) is 49.2 Å². The second-order valence-corrected chi connectivity index (χ2v) is 9.23. The molecule has 0 radical (unpaired) electrons. The molecule has 1 aliphatic rings. The number of amides is 1. The summed E-state index contributed by atoms with van der Waals surface area (Å²) < 4.78 is 22.4. The zero-order valence-corrected chi connectivity index (χ0v) is 21.3. The third kappa shape index (κ3) is 7.11. The molecule has 2 aromatic rings. The van der Waals surface area contributed by atoms with Gasteiger partial charge in [-0.25, -0.2) is 4.79 Å². The van der Waals surface area contributed by atoms with Crippen molar-refractivity contribution in [1.29, 1.82) is 0 Å². The van der Waals surface area contributed by atoms with E-state index >= 15 is 0 Å². The molecule has 1 fully saturated rings. The maximum Gasteiger partial charge on any atom is 0.338 e. The smallest absolute Gasteiger partial charge is 0.338 e. The second-order valence-electron chi connectivity index (χ2n) is 9.23. The van der Waals surface area contributed by atoms with Crippen molar-refractivity contribution in [2.24, 2.45) is 0 Å². The number of morpholine rings is 1. The third-order valence-corrected chi connectivity index (χ3v) is 5.61. The maximum absolute atomic E-state index is 12.6. The van der Waals surface area contributed by atoms with Crippen molar-refractivity contribution in [2.45, 2.75) is 40.0 Å². The van der Waals surface area contributed by atoms with Crippen LogP contribution < -0.4 is 19.7 Å². The Balaban J connectivity index is 1.70. The molecule has 1 heterocycles. The van der Waals surface area contributed by atoms with Crippen LogP contribution in [0.4, 0.5) is 11.4 Å². The minimum absolute atomic E-state index is 0.0156. The molecule has 1 saturated heterocycles. The molecule has 1 aliphatic heterocycles. The lowest BCUT2D eigenvalue weighted by Crippen LogP contribution is -2.36. The van der Waals surface area contributed by atoms with Crippen molar-refractivity contribution >= 4 is 23.3 Å². The van der Waals surface area contributed by atoms with Gasteiger partial charge in [0, 0.05) is 25.2 Å². The first-order chi connectivity index (χ1) is 16.7. The van der Waals surface area contributed by atoms with E-state index in [1.165, 1.54) is 0 Å². The zero-order valence-electron chi connectivity index (χ0n) is 21.3. The summed E-state index contributed by atoms with van der Waals surface area (Å²) in [7, 11) is 0. The number of ether oxygens (including phenoxy) is 4. The molecule has 1 N–H and O–H groups in total. The lowest BCUT2D eigenvalue weighted by atomic mass is 9.87. The molecule has 35 heavy (non-hydrogen) atoms. The lowest BCUT2D eigenvalue weighted by molar-refractivity contribution is -0.119. The van der Waals surface area contributed by atoms with Gasteiger partial charge in [-0.15, -0.1) is 0 Å². The molecular weight excluding hydrogens is 448 g/mol. The van der Waals surface area contributed by atoms with E-state index in [1.54, 1.807) is 18.2 Å². The van der Waals surface area contributed by atoms with Gasteiger partial charge >= 0.3 is 5.97 Å². The molecule has 0 saturated carbocycles. The van der Waals surface area contributed by atoms with Gasteiger partial charge in [0.05, 0.1) is 43.4 Å². The summed E-state index contributed by atoms with van der Waals surface area (Å²) in [5, 5.41) is 2.80. The normalized spacial score (nSPS) is 13.8. The molecule has 8 nitrogen and oxygen atoms in total. The fraction of sp³-hybridized carbons (Fsp3) is 0.481. The fourth-order valence-corrected chi connectivity index (χ4v) is 3.75. The van der Waals surface area contributed by atoms with Crippen LogP contribution in [0.1, 0.15) is 50.5 Å². The van der Waals surface area contributed by atoms with Gasteiger partial charge in [0.1, 0.15) is 11.5 Å². The van der Waals surface area contributed by atoms with Crippen molar-refractivity contribution in [3.63, 3.8) is 0 Å². The summed E-state index contributed by atoms with van der Waals surface area (Å²) >= 11 is 0. The van der Waals surface area contributed by atoms with Crippen LogP contribution in [0, 0.1) is 0 Å². The van der Waals surface area contributed by atoms with Gasteiger partial charge in [0.2, 0.25) is 0 Å². The number of hydrogen-bond acceptors (Lipinski definition) is 7. The first kappa shape index (κ1) is 26.3. The zero-order chi connectivity index (χ0) is 25.4. The van der Waals surface area contributed by atoms with Crippen molar-refractivity contribution in [2.75, 3.05) is 56.3 Å². The lowest BCUT2D eigenvalue weighted by Gasteiger charge is -2.31. The van der Waals surface area contributed by atoms with Gasteiger partial charge in [-0.3, -0.25) is 4.79 Å². The summed E-state index contributed by atoms with van der Waals surface area (Å²) in [5.74, 6) is 0.148. The molecule has 2 aromatic carbocycles. The minimum Gasteiger partial charge on any atom is -0.492 e. The predicted octanol–water partition coefficient (Wildman–Crippen LogP) is 4.41. The number of carbonyl (C=O) groups is 2. The van der Waals surface area contributed by atoms with E-state index in [4.69, 9.17) is 18.9 Å². The predicted molar refractivity (Wildman–Crippen MR) is 136 cm³/mol. The van der Waals surface area contributed by atoms with E-state index in [2.05, 4.69) is 31.0 Å². The quantitative estimate of drug-likeness (QED) is 0.528. The summed E-state index contributed by atoms with van der Waals surface area (Å²) in [6.45, 7) is 13.3. The van der Waals surface area contributed by atoms with Gasteiger partial charge in [0.25, 0.3) is 5.91 Å². The second kappa shape index (κ2) is 11.9. The molecule has 3 rings (SSSR count). The molecule has 0 aromatic heterocycles. The van der Waals surface area contributed by atoms with Crippen LogP contribution in [-0.4, -0.2) is 58.0 Å². The monoisotopic (exact) mass is 484 g/mol. The van der Waals surface area contributed by atoms with Crippen LogP contribution >= 0.6 is 0 Å². The topological polar surface area (TPSA) is 86.3 Å². The van der Waals surface area contributed by atoms with Crippen molar-refractivity contribution in [3.8, 4) is 11.5 Å². The Labute approximate surface area is 207 Å². The molecule has 0 unspecified atom stereocenters. The number of hydrogen-bond donors (Lipinski definition) is 1. The molecule has 8 heteroatoms. The number of carbonyl (C=O) groups excluding carboxylic acids is 2. The summed E-state index contributed by atoms with van der Waals surface area (Å²) in [4.78, 5) is 27.2. The molecule has 0 atom stereocenters. The van der Waals surface area contributed by atoms with E-state index in [1.807, 2.05) is 32.0 Å². The average molecular weight is 485 g/mol. The van der Waals surface area contributed by atoms with Crippen LogP contribution in [-0.2, 0) is 19.7 Å². The molecule has 190 valence electrons. The number of rotatable bonds is 9.